The molecule has 1 saturated carbocycles. The summed E-state index contributed by atoms with van der Waals surface area (Å²) in [5, 5.41) is 6.82. The Morgan fingerprint density at radius 3 is 2.67 bits per heavy atom. The maximum absolute atomic E-state index is 11.3. The van der Waals surface area contributed by atoms with Crippen molar-refractivity contribution in [2.75, 3.05) is 5.32 Å². The van der Waals surface area contributed by atoms with Crippen molar-refractivity contribution in [1.29, 1.82) is 0 Å². The van der Waals surface area contributed by atoms with Crippen LogP contribution in [0.4, 0.5) is 5.69 Å². The number of para-hydroxylation sites is 1. The lowest BCUT2D eigenvalue weighted by molar-refractivity contribution is -0.122. The number of nitrogens with two attached hydrogens (primary N) is 1. The molecular formula is C13H17N3OS. The zero-order valence-electron chi connectivity index (χ0n) is 10.1. The van der Waals surface area contributed by atoms with E-state index in [0.29, 0.717) is 5.11 Å². The highest BCUT2D eigenvalue weighted by Crippen LogP contribution is 2.25. The molecule has 1 aliphatic rings. The number of nitrogens with one attached hydrogen (secondary N) is 2. The van der Waals surface area contributed by atoms with E-state index in [1.807, 2.05) is 30.3 Å². The SMILES string of the molecule is NC(=O)[C@@H]1CCC[C@@H]1NC(=S)Nc1ccccc1. The van der Waals surface area contributed by atoms with Crippen molar-refractivity contribution in [3.8, 4) is 0 Å². The van der Waals surface area contributed by atoms with Gasteiger partial charge in [0.25, 0.3) is 0 Å². The Morgan fingerprint density at radius 2 is 2.00 bits per heavy atom. The van der Waals surface area contributed by atoms with Crippen LogP contribution >= 0.6 is 12.2 Å². The van der Waals surface area contributed by atoms with Gasteiger partial charge in [-0.2, -0.15) is 0 Å². The minimum absolute atomic E-state index is 0.0613. The molecule has 5 heteroatoms. The molecule has 1 aromatic rings. The number of anilines is 1. The molecule has 4 nitrogen and oxygen atoms in total. The summed E-state index contributed by atoms with van der Waals surface area (Å²) >= 11 is 5.24. The summed E-state index contributed by atoms with van der Waals surface area (Å²) in [7, 11) is 0. The van der Waals surface area contributed by atoms with Crippen LogP contribution in [0.25, 0.3) is 0 Å². The lowest BCUT2D eigenvalue weighted by Crippen LogP contribution is -2.43. The van der Waals surface area contributed by atoms with Crippen molar-refractivity contribution in [2.45, 2.75) is 25.3 Å². The zero-order chi connectivity index (χ0) is 13.0. The minimum atomic E-state index is -0.243. The predicted octanol–water partition coefficient (Wildman–Crippen LogP) is 1.63. The van der Waals surface area contributed by atoms with E-state index in [2.05, 4.69) is 10.6 Å². The van der Waals surface area contributed by atoms with E-state index < -0.39 is 0 Å². The van der Waals surface area contributed by atoms with Gasteiger partial charge in [-0.3, -0.25) is 4.79 Å². The summed E-state index contributed by atoms with van der Waals surface area (Å²) in [5.74, 6) is -0.354. The molecule has 1 amide bonds. The maximum atomic E-state index is 11.3. The summed E-state index contributed by atoms with van der Waals surface area (Å²) in [5.41, 5.74) is 6.31. The second-order valence-corrected chi connectivity index (χ2v) is 4.92. The fourth-order valence-electron chi connectivity index (χ4n) is 2.33. The third-order valence-electron chi connectivity index (χ3n) is 3.23. The minimum Gasteiger partial charge on any atom is -0.369 e. The smallest absolute Gasteiger partial charge is 0.222 e. The van der Waals surface area contributed by atoms with Crippen LogP contribution in [0.3, 0.4) is 0 Å². The average molecular weight is 263 g/mol. The zero-order valence-corrected chi connectivity index (χ0v) is 10.9. The van der Waals surface area contributed by atoms with Crippen molar-refractivity contribution in [3.63, 3.8) is 0 Å². The first-order valence-corrected chi connectivity index (χ1v) is 6.49. The molecule has 0 aromatic heterocycles. The second-order valence-electron chi connectivity index (χ2n) is 4.51. The molecule has 0 spiro atoms. The van der Waals surface area contributed by atoms with E-state index in [4.69, 9.17) is 18.0 Å². The van der Waals surface area contributed by atoms with Gasteiger partial charge in [0.15, 0.2) is 5.11 Å². The van der Waals surface area contributed by atoms with E-state index in [1.54, 1.807) is 0 Å². The quantitative estimate of drug-likeness (QED) is 0.725. The van der Waals surface area contributed by atoms with E-state index in [9.17, 15) is 4.79 Å². The standard InChI is InChI=1S/C13H17N3OS/c14-12(17)10-7-4-8-11(10)16-13(18)15-9-5-2-1-3-6-9/h1-3,5-6,10-11H,4,7-8H2,(H2,14,17)(H2,15,16,18)/t10-,11+/m1/s1. The molecule has 96 valence electrons. The normalized spacial score (nSPS) is 22.4. The van der Waals surface area contributed by atoms with Gasteiger partial charge < -0.3 is 16.4 Å². The Labute approximate surface area is 112 Å². The molecule has 1 fully saturated rings. The highest BCUT2D eigenvalue weighted by atomic mass is 32.1. The van der Waals surface area contributed by atoms with Gasteiger partial charge in [0.05, 0.1) is 5.92 Å². The Morgan fingerprint density at radius 1 is 1.28 bits per heavy atom. The van der Waals surface area contributed by atoms with Crippen LogP contribution in [0.5, 0.6) is 0 Å². The van der Waals surface area contributed by atoms with E-state index in [1.165, 1.54) is 0 Å². The van der Waals surface area contributed by atoms with Crippen LogP contribution in [0, 0.1) is 5.92 Å². The highest BCUT2D eigenvalue weighted by molar-refractivity contribution is 7.80. The first kappa shape index (κ1) is 12.8. The molecule has 18 heavy (non-hydrogen) atoms. The lowest BCUT2D eigenvalue weighted by atomic mass is 10.0. The Bertz CT molecular complexity index is 435. The lowest BCUT2D eigenvalue weighted by Gasteiger charge is -2.20. The Balaban J connectivity index is 1.90. The predicted molar refractivity (Wildman–Crippen MR) is 76.1 cm³/mol. The number of amides is 1. The van der Waals surface area contributed by atoms with Crippen molar-refractivity contribution >= 4 is 28.9 Å². The van der Waals surface area contributed by atoms with Gasteiger partial charge >= 0.3 is 0 Å². The van der Waals surface area contributed by atoms with Crippen molar-refractivity contribution in [1.82, 2.24) is 5.32 Å². The van der Waals surface area contributed by atoms with Gasteiger partial charge in [0.2, 0.25) is 5.91 Å². The summed E-state index contributed by atoms with van der Waals surface area (Å²) in [4.78, 5) is 11.3. The number of rotatable bonds is 3. The summed E-state index contributed by atoms with van der Waals surface area (Å²) in [6.07, 6.45) is 2.80. The molecule has 1 aliphatic carbocycles. The number of carbonyl (C=O) groups is 1. The van der Waals surface area contributed by atoms with Gasteiger partial charge in [0.1, 0.15) is 0 Å². The van der Waals surface area contributed by atoms with Crippen LogP contribution < -0.4 is 16.4 Å². The summed E-state index contributed by atoms with van der Waals surface area (Å²) in [6, 6.07) is 9.76. The fraction of sp³-hybridized carbons (Fsp3) is 0.385. The molecule has 0 saturated heterocycles. The molecule has 2 rings (SSSR count). The molecule has 0 unspecified atom stereocenters. The van der Waals surface area contributed by atoms with Gasteiger partial charge in [-0.1, -0.05) is 24.6 Å². The largest absolute Gasteiger partial charge is 0.369 e. The second kappa shape index (κ2) is 5.82. The summed E-state index contributed by atoms with van der Waals surface area (Å²) in [6.45, 7) is 0. The molecule has 0 heterocycles. The van der Waals surface area contributed by atoms with Crippen molar-refractivity contribution < 1.29 is 4.79 Å². The highest BCUT2D eigenvalue weighted by Gasteiger charge is 2.31. The number of primary amides is 1. The molecule has 0 radical (unpaired) electrons. The molecule has 4 N–H and O–H groups in total. The van der Waals surface area contributed by atoms with Crippen molar-refractivity contribution in [2.24, 2.45) is 11.7 Å². The van der Waals surface area contributed by atoms with Gasteiger partial charge in [-0.25, -0.2) is 0 Å². The third kappa shape index (κ3) is 3.20. The van der Waals surface area contributed by atoms with Gasteiger partial charge in [-0.15, -0.1) is 0 Å². The van der Waals surface area contributed by atoms with Gasteiger partial charge in [0, 0.05) is 11.7 Å². The number of benzene rings is 1. The van der Waals surface area contributed by atoms with Crippen molar-refractivity contribution in [3.05, 3.63) is 30.3 Å². The van der Waals surface area contributed by atoms with Crippen LogP contribution in [0.1, 0.15) is 19.3 Å². The third-order valence-corrected chi connectivity index (χ3v) is 3.45. The van der Waals surface area contributed by atoms with Crippen LogP contribution in [0.2, 0.25) is 0 Å². The number of carbonyl (C=O) groups excluding carboxylic acids is 1. The number of thiocarbonyl (C=S) groups is 1. The van der Waals surface area contributed by atoms with Gasteiger partial charge in [-0.05, 0) is 37.2 Å². The topological polar surface area (TPSA) is 67.2 Å². The van der Waals surface area contributed by atoms with E-state index in [0.717, 1.165) is 24.9 Å². The monoisotopic (exact) mass is 263 g/mol. The Kier molecular flexibility index (Phi) is 4.15. The molecule has 0 aliphatic heterocycles. The van der Waals surface area contributed by atoms with Crippen LogP contribution in [0.15, 0.2) is 30.3 Å². The first-order valence-electron chi connectivity index (χ1n) is 6.08. The van der Waals surface area contributed by atoms with E-state index >= 15 is 0 Å². The molecular weight excluding hydrogens is 246 g/mol. The Hall–Kier alpha value is -1.62. The molecule has 0 bridgehead atoms. The number of hydrogen-bond donors (Lipinski definition) is 3. The van der Waals surface area contributed by atoms with E-state index in [-0.39, 0.29) is 17.9 Å². The fourth-order valence-corrected chi connectivity index (χ4v) is 2.60. The molecule has 1 aromatic carbocycles. The van der Waals surface area contributed by atoms with Crippen LogP contribution in [-0.4, -0.2) is 17.1 Å². The molecule has 2 atom stereocenters. The first-order chi connectivity index (χ1) is 8.66. The van der Waals surface area contributed by atoms with Crippen LogP contribution in [-0.2, 0) is 4.79 Å². The number of hydrogen-bond acceptors (Lipinski definition) is 2. The maximum Gasteiger partial charge on any atom is 0.222 e. The average Bonchev–Trinajstić information content (AvgIpc) is 2.78. The summed E-state index contributed by atoms with van der Waals surface area (Å²) < 4.78 is 0.